The Morgan fingerprint density at radius 3 is 3.10 bits per heavy atom. The SMILES string of the molecule is C1=C(c2ccon2)N=[N+]O1. The summed E-state index contributed by atoms with van der Waals surface area (Å²) in [6, 6.07) is 1.68. The third kappa shape index (κ3) is 0.680. The molecule has 0 atom stereocenters. The van der Waals surface area contributed by atoms with Crippen LogP contribution in [0.2, 0.25) is 0 Å². The van der Waals surface area contributed by atoms with Crippen LogP contribution >= 0.6 is 0 Å². The number of hydrogen-bond acceptors (Lipinski definition) is 5. The molecule has 0 aliphatic carbocycles. The second-order valence-corrected chi connectivity index (χ2v) is 1.67. The van der Waals surface area contributed by atoms with Gasteiger partial charge in [-0.05, 0) is 0 Å². The predicted octanol–water partition coefficient (Wildman–Crippen LogP) is 0.706. The molecule has 1 aromatic heterocycles. The van der Waals surface area contributed by atoms with Crippen LogP contribution in [0.5, 0.6) is 0 Å². The summed E-state index contributed by atoms with van der Waals surface area (Å²) in [5.41, 5.74) is 1.20. The van der Waals surface area contributed by atoms with Crippen LogP contribution in [0.1, 0.15) is 5.69 Å². The van der Waals surface area contributed by atoms with Crippen LogP contribution in [0.15, 0.2) is 28.2 Å². The van der Waals surface area contributed by atoms with Crippen molar-refractivity contribution in [2.24, 2.45) is 5.11 Å². The number of hydrogen-bond donors (Lipinski definition) is 0. The van der Waals surface area contributed by atoms with Crippen molar-refractivity contribution in [3.63, 3.8) is 0 Å². The largest absolute Gasteiger partial charge is 0.467 e. The molecule has 1 aliphatic rings. The lowest BCUT2D eigenvalue weighted by Crippen LogP contribution is -1.75. The van der Waals surface area contributed by atoms with E-state index in [4.69, 9.17) is 0 Å². The molecule has 0 N–H and O–H groups in total. The fraction of sp³-hybridized carbons (Fsp3) is 0. The van der Waals surface area contributed by atoms with Gasteiger partial charge in [0.25, 0.3) is 0 Å². The van der Waals surface area contributed by atoms with Gasteiger partial charge in [-0.3, -0.25) is 0 Å². The molecule has 1 radical (unpaired) electrons. The van der Waals surface area contributed by atoms with Gasteiger partial charge in [0.05, 0.1) is 0 Å². The van der Waals surface area contributed by atoms with Crippen molar-refractivity contribution in [2.75, 3.05) is 0 Å². The normalized spacial score (nSPS) is 15.0. The molecular formula is C5H3N3O2+. The predicted molar refractivity (Wildman–Crippen MR) is 30.1 cm³/mol. The van der Waals surface area contributed by atoms with Crippen LogP contribution < -0.4 is 5.28 Å². The molecule has 2 heterocycles. The van der Waals surface area contributed by atoms with E-state index in [0.717, 1.165) is 0 Å². The minimum atomic E-state index is 0.578. The van der Waals surface area contributed by atoms with Crippen molar-refractivity contribution in [1.29, 1.82) is 0 Å². The maximum absolute atomic E-state index is 4.58. The Balaban J connectivity index is 2.36. The zero-order valence-electron chi connectivity index (χ0n) is 4.89. The summed E-state index contributed by atoms with van der Waals surface area (Å²) in [6.45, 7) is 0. The first-order chi connectivity index (χ1) is 4.97. The van der Waals surface area contributed by atoms with Gasteiger partial charge in [0.15, 0.2) is 0 Å². The zero-order valence-corrected chi connectivity index (χ0v) is 4.89. The molecule has 0 spiro atoms. The molecule has 49 valence electrons. The molecule has 0 unspecified atom stereocenters. The van der Waals surface area contributed by atoms with Gasteiger partial charge in [-0.1, -0.05) is 5.16 Å². The minimum Gasteiger partial charge on any atom is -0.364 e. The van der Waals surface area contributed by atoms with Gasteiger partial charge in [-0.15, -0.1) is 0 Å². The fourth-order valence-corrected chi connectivity index (χ4v) is 0.621. The molecule has 2 rings (SSSR count). The second-order valence-electron chi connectivity index (χ2n) is 1.67. The van der Waals surface area contributed by atoms with Gasteiger partial charge < -0.3 is 4.52 Å². The molecule has 5 heteroatoms. The summed E-state index contributed by atoms with van der Waals surface area (Å²) in [5, 5.41) is 10.5. The summed E-state index contributed by atoms with van der Waals surface area (Å²) >= 11 is 0. The lowest BCUT2D eigenvalue weighted by Gasteiger charge is -1.75. The Morgan fingerprint density at radius 2 is 2.50 bits per heavy atom. The van der Waals surface area contributed by atoms with E-state index in [-0.39, 0.29) is 0 Å². The molecule has 5 nitrogen and oxygen atoms in total. The number of aromatic nitrogens is 1. The summed E-state index contributed by atoms with van der Waals surface area (Å²) in [6.07, 6.45) is 2.86. The lowest BCUT2D eigenvalue weighted by molar-refractivity contribution is 0.199. The number of nitrogens with zero attached hydrogens (tertiary/aromatic N) is 3. The van der Waals surface area contributed by atoms with Crippen molar-refractivity contribution in [3.05, 3.63) is 24.3 Å². The Hall–Kier alpha value is -1.65. The van der Waals surface area contributed by atoms with Gasteiger partial charge in [-0.2, -0.15) is 4.84 Å². The Morgan fingerprint density at radius 1 is 1.50 bits per heavy atom. The summed E-state index contributed by atoms with van der Waals surface area (Å²) in [7, 11) is 0. The Labute approximate surface area is 55.9 Å². The molecule has 0 fully saturated rings. The molecule has 1 aliphatic heterocycles. The molecule has 0 bridgehead atoms. The van der Waals surface area contributed by atoms with Gasteiger partial charge in [0.2, 0.25) is 12.0 Å². The van der Waals surface area contributed by atoms with Gasteiger partial charge in [0.1, 0.15) is 17.1 Å². The molecule has 0 saturated carbocycles. The second kappa shape index (κ2) is 1.94. The quantitative estimate of drug-likeness (QED) is 0.572. The minimum absolute atomic E-state index is 0.578. The molecule has 0 amide bonds. The third-order valence-corrected chi connectivity index (χ3v) is 1.06. The first kappa shape index (κ1) is 5.16. The highest BCUT2D eigenvalue weighted by molar-refractivity contribution is 5.59. The highest BCUT2D eigenvalue weighted by Gasteiger charge is 2.17. The van der Waals surface area contributed by atoms with E-state index in [0.29, 0.717) is 11.4 Å². The van der Waals surface area contributed by atoms with Crippen LogP contribution in [0.25, 0.3) is 5.70 Å². The van der Waals surface area contributed by atoms with E-state index in [2.05, 4.69) is 24.9 Å². The van der Waals surface area contributed by atoms with E-state index in [1.807, 2.05) is 0 Å². The Bertz CT molecular complexity index is 275. The van der Waals surface area contributed by atoms with Crippen molar-refractivity contribution < 1.29 is 9.36 Å². The average Bonchev–Trinajstić information content (AvgIpc) is 2.59. The van der Waals surface area contributed by atoms with Crippen molar-refractivity contribution >= 4 is 5.70 Å². The van der Waals surface area contributed by atoms with Crippen LogP contribution in [0.3, 0.4) is 0 Å². The molecule has 10 heavy (non-hydrogen) atoms. The molecular weight excluding hydrogens is 134 g/mol. The maximum Gasteiger partial charge on any atom is 0.467 e. The first-order valence-corrected chi connectivity index (χ1v) is 2.64. The van der Waals surface area contributed by atoms with E-state index in [1.54, 1.807) is 6.07 Å². The smallest absolute Gasteiger partial charge is 0.364 e. The first-order valence-electron chi connectivity index (χ1n) is 2.64. The summed E-state index contributed by atoms with van der Waals surface area (Å²) in [5.74, 6) is 0. The molecule has 0 aromatic carbocycles. The van der Waals surface area contributed by atoms with Gasteiger partial charge in [0, 0.05) is 6.07 Å². The van der Waals surface area contributed by atoms with Gasteiger partial charge in [-0.25, -0.2) is 0 Å². The van der Waals surface area contributed by atoms with E-state index in [9.17, 15) is 0 Å². The van der Waals surface area contributed by atoms with Crippen LogP contribution in [-0.4, -0.2) is 5.16 Å². The lowest BCUT2D eigenvalue weighted by atomic mass is 10.3. The van der Waals surface area contributed by atoms with Crippen LogP contribution in [-0.2, 0) is 4.84 Å². The molecule has 1 aromatic rings. The van der Waals surface area contributed by atoms with Crippen LogP contribution in [0, 0.1) is 0 Å². The van der Waals surface area contributed by atoms with Gasteiger partial charge >= 0.3 is 5.28 Å². The zero-order chi connectivity index (χ0) is 6.81. The Kier molecular flexibility index (Phi) is 1.00. The maximum atomic E-state index is 4.58. The molecule has 0 saturated heterocycles. The van der Waals surface area contributed by atoms with Crippen molar-refractivity contribution in [1.82, 2.24) is 10.4 Å². The highest BCUT2D eigenvalue weighted by Crippen LogP contribution is 2.14. The van der Waals surface area contributed by atoms with Crippen molar-refractivity contribution in [3.8, 4) is 0 Å². The van der Waals surface area contributed by atoms with E-state index < -0.39 is 0 Å². The topological polar surface area (TPSA) is 61.7 Å². The fourth-order valence-electron chi connectivity index (χ4n) is 0.621. The van der Waals surface area contributed by atoms with Crippen molar-refractivity contribution in [2.45, 2.75) is 0 Å². The third-order valence-electron chi connectivity index (χ3n) is 1.06. The van der Waals surface area contributed by atoms with E-state index in [1.165, 1.54) is 12.5 Å². The summed E-state index contributed by atoms with van der Waals surface area (Å²) < 4.78 is 4.58. The van der Waals surface area contributed by atoms with E-state index >= 15 is 0 Å². The monoisotopic (exact) mass is 137 g/mol. The highest BCUT2D eigenvalue weighted by atomic mass is 16.6. The number of rotatable bonds is 1. The average molecular weight is 137 g/mol. The summed E-state index contributed by atoms with van der Waals surface area (Å²) in [4.78, 5) is 4.50. The van der Waals surface area contributed by atoms with Crippen LogP contribution in [0.4, 0.5) is 0 Å². The standard InChI is InChI=1S/C5H3N3O2/c1-2-9-7-4(1)5-3-10-8-6-5/h1-3H/q+1.